The zero-order valence-electron chi connectivity index (χ0n) is 14.3. The van der Waals surface area contributed by atoms with Gasteiger partial charge in [-0.3, -0.25) is 0 Å². The van der Waals surface area contributed by atoms with Gasteiger partial charge in [-0.15, -0.1) is 0 Å². The van der Waals surface area contributed by atoms with Crippen molar-refractivity contribution in [3.63, 3.8) is 0 Å². The van der Waals surface area contributed by atoms with Crippen molar-refractivity contribution >= 4 is 16.6 Å². The molecule has 0 amide bonds. The molecule has 150 valence electrons. The summed E-state index contributed by atoms with van der Waals surface area (Å²) < 4.78 is 135. The molecular weight excluding hydrogens is 403 g/mol. The van der Waals surface area contributed by atoms with Gasteiger partial charge >= 0.3 is 23.7 Å². The minimum absolute atomic E-state index is 1.12. The fourth-order valence-corrected chi connectivity index (χ4v) is 4.79. The van der Waals surface area contributed by atoms with Crippen molar-refractivity contribution in [1.82, 2.24) is 0 Å². The van der Waals surface area contributed by atoms with Crippen LogP contribution in [0.3, 0.4) is 0 Å². The maximum Gasteiger partial charge on any atom is 0.383 e. The van der Waals surface area contributed by atoms with Gasteiger partial charge in [0.15, 0.2) is 16.6 Å². The fourth-order valence-electron chi connectivity index (χ4n) is 2.34. The lowest BCUT2D eigenvalue weighted by atomic mass is 9.79. The molecule has 0 saturated heterocycles. The van der Waals surface area contributed by atoms with Gasteiger partial charge in [-0.05, 0) is 39.3 Å². The Kier molecular flexibility index (Phi) is 5.11. The summed E-state index contributed by atoms with van der Waals surface area (Å²) in [6, 6.07) is 0. The molecule has 0 heterocycles. The third kappa shape index (κ3) is 3.14. The molecule has 13 heteroatoms. The average Bonchev–Trinajstić information content (AvgIpc) is 2.31. The first-order chi connectivity index (χ1) is 10.6. The average molecular weight is 422 g/mol. The van der Waals surface area contributed by atoms with Crippen LogP contribution in [-0.2, 0) is 8.85 Å². The normalized spacial score (nSPS) is 30.1. The molecule has 0 spiro atoms. The Labute approximate surface area is 140 Å². The van der Waals surface area contributed by atoms with Crippen molar-refractivity contribution in [2.24, 2.45) is 0 Å². The maximum absolute atomic E-state index is 14.4. The molecule has 2 nitrogen and oxygen atoms in total. The summed E-state index contributed by atoms with van der Waals surface area (Å²) in [5.74, 6) is -30.0. The van der Waals surface area contributed by atoms with E-state index < -0.39 is 52.3 Å². The predicted molar refractivity (Wildman–Crippen MR) is 76.3 cm³/mol. The second-order valence-electron chi connectivity index (χ2n) is 7.81. The van der Waals surface area contributed by atoms with Crippen molar-refractivity contribution in [2.45, 2.75) is 74.9 Å². The molecule has 1 rings (SSSR count). The SMILES string of the molecule is C[Si](C)(C)OC1(O[Si](C)(C)C)C(F)C(F)(F)C(F)(F)C(F)(F)C1(F)F. The van der Waals surface area contributed by atoms with E-state index in [9.17, 15) is 39.5 Å². The highest BCUT2D eigenvalue weighted by molar-refractivity contribution is 6.71. The van der Waals surface area contributed by atoms with Crippen molar-refractivity contribution < 1.29 is 48.4 Å². The Hall–Kier alpha value is -0.276. The zero-order chi connectivity index (χ0) is 20.5. The molecule has 0 aromatic carbocycles. The lowest BCUT2D eigenvalue weighted by Crippen LogP contribution is -2.84. The van der Waals surface area contributed by atoms with Gasteiger partial charge in [0.25, 0.3) is 5.79 Å². The highest BCUT2D eigenvalue weighted by atomic mass is 28.4. The largest absolute Gasteiger partial charge is 0.384 e. The molecule has 1 aliphatic rings. The summed E-state index contributed by atoms with van der Waals surface area (Å²) in [6.45, 7) is 6.72. The van der Waals surface area contributed by atoms with Crippen LogP contribution in [-0.4, -0.2) is 52.3 Å². The lowest BCUT2D eigenvalue weighted by molar-refractivity contribution is -0.480. The van der Waals surface area contributed by atoms with E-state index in [0.29, 0.717) is 0 Å². The van der Waals surface area contributed by atoms with Crippen LogP contribution in [0.5, 0.6) is 0 Å². The summed E-state index contributed by atoms with van der Waals surface area (Å²) in [5.41, 5.74) is 0. The number of rotatable bonds is 4. The van der Waals surface area contributed by atoms with E-state index in [4.69, 9.17) is 0 Å². The van der Waals surface area contributed by atoms with E-state index in [-0.39, 0.29) is 0 Å². The van der Waals surface area contributed by atoms with Crippen LogP contribution in [0.1, 0.15) is 0 Å². The standard InChI is InChI=1S/C12H19F9O2Si2/c1-24(2,3)22-9(23-25(4,5)6)7(13)8(14,15)10(16,17)12(20,21)11(9,18)19/h7H,1-6H3. The molecule has 0 N–H and O–H groups in total. The second kappa shape index (κ2) is 5.61. The Morgan fingerprint density at radius 2 is 0.920 bits per heavy atom. The van der Waals surface area contributed by atoms with Crippen LogP contribution in [0.25, 0.3) is 0 Å². The van der Waals surface area contributed by atoms with Crippen molar-refractivity contribution in [3.05, 3.63) is 0 Å². The summed E-state index contributed by atoms with van der Waals surface area (Å²) >= 11 is 0. The lowest BCUT2D eigenvalue weighted by Gasteiger charge is -2.56. The van der Waals surface area contributed by atoms with E-state index in [1.165, 1.54) is 0 Å². The molecule has 0 bridgehead atoms. The van der Waals surface area contributed by atoms with Gasteiger partial charge in [0.2, 0.25) is 6.17 Å². The van der Waals surface area contributed by atoms with E-state index in [1.807, 2.05) is 0 Å². The first-order valence-electron chi connectivity index (χ1n) is 7.12. The summed E-state index contributed by atoms with van der Waals surface area (Å²) in [5, 5.41) is 0. The number of halogens is 9. The quantitative estimate of drug-likeness (QED) is 0.349. The molecule has 1 atom stereocenters. The fraction of sp³-hybridized carbons (Fsp3) is 1.00. The van der Waals surface area contributed by atoms with Gasteiger partial charge in [-0.2, -0.15) is 35.1 Å². The Morgan fingerprint density at radius 1 is 0.600 bits per heavy atom. The molecule has 1 unspecified atom stereocenters. The Morgan fingerprint density at radius 3 is 1.20 bits per heavy atom. The molecule has 25 heavy (non-hydrogen) atoms. The monoisotopic (exact) mass is 422 g/mol. The van der Waals surface area contributed by atoms with E-state index in [0.717, 1.165) is 39.3 Å². The Bertz CT molecular complexity index is 510. The van der Waals surface area contributed by atoms with Crippen LogP contribution in [0, 0.1) is 0 Å². The third-order valence-corrected chi connectivity index (χ3v) is 5.04. The summed E-state index contributed by atoms with van der Waals surface area (Å²) in [4.78, 5) is 0. The third-order valence-electron chi connectivity index (χ3n) is 3.21. The predicted octanol–water partition coefficient (Wildman–Crippen LogP) is 5.28. The highest BCUT2D eigenvalue weighted by Crippen LogP contribution is 2.65. The molecule has 0 aromatic rings. The van der Waals surface area contributed by atoms with E-state index in [2.05, 4.69) is 8.85 Å². The van der Waals surface area contributed by atoms with E-state index in [1.54, 1.807) is 0 Å². The summed E-state index contributed by atoms with van der Waals surface area (Å²) in [7, 11) is -6.91. The molecule has 1 fully saturated rings. The molecule has 0 aliphatic heterocycles. The Balaban J connectivity index is 3.84. The smallest absolute Gasteiger partial charge is 0.383 e. The van der Waals surface area contributed by atoms with Crippen LogP contribution in [0.4, 0.5) is 39.5 Å². The maximum atomic E-state index is 14.4. The van der Waals surface area contributed by atoms with Crippen LogP contribution < -0.4 is 0 Å². The number of hydrogen-bond donors (Lipinski definition) is 0. The second-order valence-corrected chi connectivity index (χ2v) is 16.7. The topological polar surface area (TPSA) is 18.5 Å². The van der Waals surface area contributed by atoms with E-state index >= 15 is 0 Å². The highest BCUT2D eigenvalue weighted by Gasteiger charge is 2.95. The van der Waals surface area contributed by atoms with Gasteiger partial charge in [-0.25, -0.2) is 4.39 Å². The molecule has 1 aliphatic carbocycles. The van der Waals surface area contributed by atoms with Gasteiger partial charge in [0.05, 0.1) is 0 Å². The minimum atomic E-state index is -6.64. The number of hydrogen-bond acceptors (Lipinski definition) is 2. The molecule has 0 radical (unpaired) electrons. The van der Waals surface area contributed by atoms with Crippen molar-refractivity contribution in [1.29, 1.82) is 0 Å². The van der Waals surface area contributed by atoms with Crippen molar-refractivity contribution in [2.75, 3.05) is 0 Å². The minimum Gasteiger partial charge on any atom is -0.384 e. The van der Waals surface area contributed by atoms with Gasteiger partial charge in [0, 0.05) is 0 Å². The number of alkyl halides is 9. The van der Waals surface area contributed by atoms with Gasteiger partial charge < -0.3 is 8.85 Å². The zero-order valence-corrected chi connectivity index (χ0v) is 16.3. The molecular formula is C12H19F9O2Si2. The van der Waals surface area contributed by atoms with Crippen molar-refractivity contribution in [3.8, 4) is 0 Å². The van der Waals surface area contributed by atoms with Crippen LogP contribution in [0.15, 0.2) is 0 Å². The van der Waals surface area contributed by atoms with Gasteiger partial charge in [0.1, 0.15) is 0 Å². The first-order valence-corrected chi connectivity index (χ1v) is 13.9. The van der Waals surface area contributed by atoms with Crippen LogP contribution in [0.2, 0.25) is 39.3 Å². The first kappa shape index (κ1) is 22.8. The van der Waals surface area contributed by atoms with Crippen LogP contribution >= 0.6 is 0 Å². The molecule has 0 aromatic heterocycles. The summed E-state index contributed by atoms with van der Waals surface area (Å²) in [6.07, 6.45) is -4.51. The van der Waals surface area contributed by atoms with Gasteiger partial charge in [-0.1, -0.05) is 0 Å². The molecule has 1 saturated carbocycles.